The van der Waals surface area contributed by atoms with Gasteiger partial charge in [-0.1, -0.05) is 24.3 Å². The number of aromatic nitrogens is 1. The van der Waals surface area contributed by atoms with Crippen LogP contribution in [0.4, 0.5) is 0 Å². The molecule has 0 amide bonds. The highest BCUT2D eigenvalue weighted by Crippen LogP contribution is 2.15. The van der Waals surface area contributed by atoms with Crippen molar-refractivity contribution in [2.45, 2.75) is 6.10 Å². The quantitative estimate of drug-likeness (QED) is 0.745. The van der Waals surface area contributed by atoms with E-state index in [2.05, 4.69) is 4.98 Å². The largest absolute Gasteiger partial charge is 0.385 e. The van der Waals surface area contributed by atoms with Gasteiger partial charge in [0.25, 0.3) is 0 Å². The molecule has 72 valence electrons. The molecule has 0 spiro atoms. The van der Waals surface area contributed by atoms with E-state index >= 15 is 0 Å². The summed E-state index contributed by atoms with van der Waals surface area (Å²) in [6.07, 6.45) is -0.667. The molecule has 0 saturated heterocycles. The van der Waals surface area contributed by atoms with Crippen LogP contribution in [-0.4, -0.2) is 16.6 Å². The lowest BCUT2D eigenvalue weighted by Crippen LogP contribution is -2.12. The first-order valence-electron chi connectivity index (χ1n) is 4.55. The van der Waals surface area contributed by atoms with Crippen LogP contribution < -0.4 is 5.73 Å². The molecule has 14 heavy (non-hydrogen) atoms. The smallest absolute Gasteiger partial charge is 0.108 e. The molecule has 1 aromatic heterocycles. The Kier molecular flexibility index (Phi) is 2.43. The number of aliphatic hydroxyl groups is 1. The summed E-state index contributed by atoms with van der Waals surface area (Å²) in [6.45, 7) is 0.200. The van der Waals surface area contributed by atoms with Crippen LogP contribution >= 0.6 is 0 Å². The fourth-order valence-electron chi connectivity index (χ4n) is 1.39. The van der Waals surface area contributed by atoms with Crippen molar-refractivity contribution in [3.05, 3.63) is 42.1 Å². The van der Waals surface area contributed by atoms with Gasteiger partial charge in [-0.15, -0.1) is 0 Å². The summed E-state index contributed by atoms with van der Waals surface area (Å²) in [7, 11) is 0. The second-order valence-electron chi connectivity index (χ2n) is 3.18. The van der Waals surface area contributed by atoms with E-state index in [9.17, 15) is 5.11 Å². The Balaban J connectivity index is 2.51. The summed E-state index contributed by atoms with van der Waals surface area (Å²) in [6, 6.07) is 11.5. The minimum Gasteiger partial charge on any atom is -0.385 e. The van der Waals surface area contributed by atoms with Crippen LogP contribution in [0.25, 0.3) is 10.9 Å². The molecule has 0 fully saturated rings. The van der Waals surface area contributed by atoms with Gasteiger partial charge < -0.3 is 10.8 Å². The van der Waals surface area contributed by atoms with Gasteiger partial charge in [0.1, 0.15) is 6.10 Å². The molecule has 1 heterocycles. The second-order valence-corrected chi connectivity index (χ2v) is 3.18. The van der Waals surface area contributed by atoms with E-state index in [1.54, 1.807) is 6.07 Å². The molecule has 0 aliphatic heterocycles. The molecule has 0 radical (unpaired) electrons. The van der Waals surface area contributed by atoms with Crippen molar-refractivity contribution in [1.29, 1.82) is 0 Å². The number of para-hydroxylation sites is 1. The molecular weight excluding hydrogens is 176 g/mol. The summed E-state index contributed by atoms with van der Waals surface area (Å²) in [5.74, 6) is 0. The SMILES string of the molecule is NC[C@@H](O)c1ccc2ccccc2n1. The highest BCUT2D eigenvalue weighted by Gasteiger charge is 2.06. The maximum absolute atomic E-state index is 9.50. The maximum Gasteiger partial charge on any atom is 0.108 e. The number of aliphatic hydroxyl groups excluding tert-OH is 1. The van der Waals surface area contributed by atoms with Gasteiger partial charge in [-0.3, -0.25) is 4.98 Å². The number of hydrogen-bond donors (Lipinski definition) is 2. The Labute approximate surface area is 82.2 Å². The number of nitrogens with two attached hydrogens (primary N) is 1. The van der Waals surface area contributed by atoms with Gasteiger partial charge in [0.05, 0.1) is 11.2 Å². The van der Waals surface area contributed by atoms with Crippen molar-refractivity contribution in [2.24, 2.45) is 5.73 Å². The zero-order valence-corrected chi connectivity index (χ0v) is 7.72. The first-order chi connectivity index (χ1) is 6.81. The number of nitrogens with zero attached hydrogens (tertiary/aromatic N) is 1. The van der Waals surface area contributed by atoms with Crippen molar-refractivity contribution < 1.29 is 5.11 Å². The zero-order chi connectivity index (χ0) is 9.97. The monoisotopic (exact) mass is 188 g/mol. The van der Waals surface area contributed by atoms with Crippen LogP contribution in [0.5, 0.6) is 0 Å². The Hall–Kier alpha value is -1.45. The first-order valence-corrected chi connectivity index (χ1v) is 4.55. The Morgan fingerprint density at radius 1 is 1.21 bits per heavy atom. The first kappa shape index (κ1) is 9.12. The predicted octanol–water partition coefficient (Wildman–Crippen LogP) is 1.23. The third kappa shape index (κ3) is 1.60. The number of rotatable bonds is 2. The molecule has 0 saturated carbocycles. The highest BCUT2D eigenvalue weighted by atomic mass is 16.3. The average Bonchev–Trinajstić information content (AvgIpc) is 2.27. The summed E-state index contributed by atoms with van der Waals surface area (Å²) in [5.41, 5.74) is 6.88. The summed E-state index contributed by atoms with van der Waals surface area (Å²) in [5, 5.41) is 10.6. The lowest BCUT2D eigenvalue weighted by molar-refractivity contribution is 0.182. The van der Waals surface area contributed by atoms with E-state index in [4.69, 9.17) is 5.73 Å². The molecule has 0 bridgehead atoms. The van der Waals surface area contributed by atoms with Crippen LogP contribution in [0.1, 0.15) is 11.8 Å². The molecule has 1 aromatic carbocycles. The topological polar surface area (TPSA) is 59.1 Å². The van der Waals surface area contributed by atoms with Crippen LogP contribution in [-0.2, 0) is 0 Å². The van der Waals surface area contributed by atoms with E-state index in [-0.39, 0.29) is 6.54 Å². The number of benzene rings is 1. The number of hydrogen-bond acceptors (Lipinski definition) is 3. The van der Waals surface area contributed by atoms with Gasteiger partial charge >= 0.3 is 0 Å². The van der Waals surface area contributed by atoms with Crippen molar-refractivity contribution in [3.63, 3.8) is 0 Å². The summed E-state index contributed by atoms with van der Waals surface area (Å²) < 4.78 is 0. The average molecular weight is 188 g/mol. The fourth-order valence-corrected chi connectivity index (χ4v) is 1.39. The predicted molar refractivity (Wildman–Crippen MR) is 55.8 cm³/mol. The van der Waals surface area contributed by atoms with Crippen molar-refractivity contribution in [3.8, 4) is 0 Å². The molecule has 0 aliphatic rings. The van der Waals surface area contributed by atoms with Crippen LogP contribution in [0.2, 0.25) is 0 Å². The maximum atomic E-state index is 9.50. The van der Waals surface area contributed by atoms with E-state index in [0.29, 0.717) is 5.69 Å². The standard InChI is InChI=1S/C11H12N2O/c12-7-11(14)10-6-5-8-3-1-2-4-9(8)13-10/h1-6,11,14H,7,12H2/t11-/m1/s1. The van der Waals surface area contributed by atoms with E-state index in [1.807, 2.05) is 30.3 Å². The Bertz CT molecular complexity index is 442. The molecule has 2 rings (SSSR count). The third-order valence-corrected chi connectivity index (χ3v) is 2.18. The van der Waals surface area contributed by atoms with E-state index in [1.165, 1.54) is 0 Å². The Morgan fingerprint density at radius 2 is 2.00 bits per heavy atom. The van der Waals surface area contributed by atoms with E-state index in [0.717, 1.165) is 10.9 Å². The lowest BCUT2D eigenvalue weighted by atomic mass is 10.1. The van der Waals surface area contributed by atoms with Gasteiger partial charge in [0, 0.05) is 11.9 Å². The van der Waals surface area contributed by atoms with Crippen LogP contribution in [0.15, 0.2) is 36.4 Å². The minimum absolute atomic E-state index is 0.200. The fraction of sp³-hybridized carbons (Fsp3) is 0.182. The van der Waals surface area contributed by atoms with Crippen molar-refractivity contribution >= 4 is 10.9 Å². The van der Waals surface area contributed by atoms with Crippen LogP contribution in [0, 0.1) is 0 Å². The second kappa shape index (κ2) is 3.74. The van der Waals surface area contributed by atoms with Crippen LogP contribution in [0.3, 0.4) is 0 Å². The van der Waals surface area contributed by atoms with Gasteiger partial charge in [-0.2, -0.15) is 0 Å². The third-order valence-electron chi connectivity index (χ3n) is 2.18. The van der Waals surface area contributed by atoms with Crippen molar-refractivity contribution in [1.82, 2.24) is 4.98 Å². The number of pyridine rings is 1. The van der Waals surface area contributed by atoms with Gasteiger partial charge in [-0.25, -0.2) is 0 Å². The minimum atomic E-state index is -0.667. The van der Waals surface area contributed by atoms with E-state index < -0.39 is 6.10 Å². The molecule has 3 N–H and O–H groups in total. The van der Waals surface area contributed by atoms with Gasteiger partial charge in [0.15, 0.2) is 0 Å². The van der Waals surface area contributed by atoms with Gasteiger partial charge in [0.2, 0.25) is 0 Å². The molecule has 3 heteroatoms. The molecular formula is C11H12N2O. The normalized spacial score (nSPS) is 13.0. The molecule has 1 atom stereocenters. The lowest BCUT2D eigenvalue weighted by Gasteiger charge is -2.07. The molecule has 2 aromatic rings. The molecule has 0 unspecified atom stereocenters. The molecule has 3 nitrogen and oxygen atoms in total. The molecule has 0 aliphatic carbocycles. The van der Waals surface area contributed by atoms with Gasteiger partial charge in [-0.05, 0) is 12.1 Å². The highest BCUT2D eigenvalue weighted by molar-refractivity contribution is 5.78. The summed E-state index contributed by atoms with van der Waals surface area (Å²) in [4.78, 5) is 4.32. The zero-order valence-electron chi connectivity index (χ0n) is 7.72. The number of fused-ring (bicyclic) bond motifs is 1. The Morgan fingerprint density at radius 3 is 2.79 bits per heavy atom. The van der Waals surface area contributed by atoms with Crippen molar-refractivity contribution in [2.75, 3.05) is 6.54 Å². The summed E-state index contributed by atoms with van der Waals surface area (Å²) >= 11 is 0.